The van der Waals surface area contributed by atoms with Crippen LogP contribution in [0, 0.1) is 6.42 Å². The van der Waals surface area contributed by atoms with Crippen molar-refractivity contribution in [2.45, 2.75) is 19.8 Å². The first-order valence-electron chi connectivity index (χ1n) is 5.09. The molecule has 0 saturated carbocycles. The molecule has 0 spiro atoms. The zero-order chi connectivity index (χ0) is 9.97. The summed E-state index contributed by atoms with van der Waals surface area (Å²) in [4.78, 5) is 0. The van der Waals surface area contributed by atoms with Crippen molar-refractivity contribution in [3.05, 3.63) is 60.0 Å². The van der Waals surface area contributed by atoms with Gasteiger partial charge in [-0.1, -0.05) is 56.3 Å². The standard InChI is InChI=1S/C14H15/c1-11(2)12-7-9-14(10-8-12)13-5-3-4-6-13/h3-11H,1-2H3. The van der Waals surface area contributed by atoms with Crippen LogP contribution in [-0.4, -0.2) is 0 Å². The van der Waals surface area contributed by atoms with Crippen molar-refractivity contribution in [1.29, 1.82) is 0 Å². The highest BCUT2D eigenvalue weighted by Crippen LogP contribution is 2.23. The highest BCUT2D eigenvalue weighted by atomic mass is 14.1. The van der Waals surface area contributed by atoms with E-state index in [0.717, 1.165) is 0 Å². The van der Waals surface area contributed by atoms with E-state index in [2.05, 4.69) is 62.8 Å². The first kappa shape index (κ1) is 9.26. The zero-order valence-electron chi connectivity index (χ0n) is 8.70. The van der Waals surface area contributed by atoms with Gasteiger partial charge in [0.05, 0.1) is 0 Å². The summed E-state index contributed by atoms with van der Waals surface area (Å²) in [5, 5.41) is 0. The number of hydrogen-bond donors (Lipinski definition) is 0. The van der Waals surface area contributed by atoms with Gasteiger partial charge < -0.3 is 0 Å². The quantitative estimate of drug-likeness (QED) is 0.651. The minimum absolute atomic E-state index is 0.615. The lowest BCUT2D eigenvalue weighted by Gasteiger charge is -2.06. The van der Waals surface area contributed by atoms with Crippen LogP contribution in [0.5, 0.6) is 0 Å². The fourth-order valence-electron chi connectivity index (χ4n) is 1.63. The molecule has 1 aromatic rings. The fourth-order valence-corrected chi connectivity index (χ4v) is 1.63. The molecule has 1 aromatic carbocycles. The molecule has 0 aliphatic heterocycles. The summed E-state index contributed by atoms with van der Waals surface area (Å²) in [7, 11) is 0. The van der Waals surface area contributed by atoms with Gasteiger partial charge in [-0.3, -0.25) is 0 Å². The van der Waals surface area contributed by atoms with Crippen LogP contribution in [0.2, 0.25) is 0 Å². The van der Waals surface area contributed by atoms with Crippen LogP contribution in [0.15, 0.2) is 42.5 Å². The largest absolute Gasteiger partial charge is 0.0761 e. The lowest BCUT2D eigenvalue weighted by atomic mass is 9.99. The maximum atomic E-state index is 2.22. The van der Waals surface area contributed by atoms with Gasteiger partial charge in [-0.25, -0.2) is 0 Å². The maximum absolute atomic E-state index is 2.22. The molecule has 0 aromatic heterocycles. The molecule has 1 radical (unpaired) electrons. The molecule has 71 valence electrons. The van der Waals surface area contributed by atoms with E-state index >= 15 is 0 Å². The van der Waals surface area contributed by atoms with Crippen molar-refractivity contribution in [2.24, 2.45) is 0 Å². The van der Waals surface area contributed by atoms with Gasteiger partial charge in [0.15, 0.2) is 0 Å². The van der Waals surface area contributed by atoms with Gasteiger partial charge in [0.1, 0.15) is 0 Å². The topological polar surface area (TPSA) is 0 Å². The molecule has 1 aliphatic carbocycles. The summed E-state index contributed by atoms with van der Waals surface area (Å²) in [5.41, 5.74) is 4.01. The third kappa shape index (κ3) is 1.79. The van der Waals surface area contributed by atoms with E-state index in [-0.39, 0.29) is 0 Å². The zero-order valence-corrected chi connectivity index (χ0v) is 8.70. The van der Waals surface area contributed by atoms with Gasteiger partial charge in [-0.15, -0.1) is 0 Å². The summed E-state index contributed by atoms with van der Waals surface area (Å²) in [6.07, 6.45) is 8.44. The second-order valence-corrected chi connectivity index (χ2v) is 3.95. The predicted octanol–water partition coefficient (Wildman–Crippen LogP) is 3.97. The third-order valence-corrected chi connectivity index (χ3v) is 2.57. The molecular formula is C14H15. The second kappa shape index (κ2) is 3.83. The van der Waals surface area contributed by atoms with E-state index in [1.165, 1.54) is 16.7 Å². The molecule has 14 heavy (non-hydrogen) atoms. The molecule has 0 nitrogen and oxygen atoms in total. The molecule has 0 atom stereocenters. The van der Waals surface area contributed by atoms with Crippen LogP contribution in [0.1, 0.15) is 30.9 Å². The predicted molar refractivity (Wildman–Crippen MR) is 61.9 cm³/mol. The van der Waals surface area contributed by atoms with Crippen molar-refractivity contribution in [2.75, 3.05) is 0 Å². The molecule has 0 unspecified atom stereocenters. The van der Waals surface area contributed by atoms with E-state index in [0.29, 0.717) is 5.92 Å². The van der Waals surface area contributed by atoms with Crippen molar-refractivity contribution >= 4 is 5.57 Å². The Kier molecular flexibility index (Phi) is 2.53. The van der Waals surface area contributed by atoms with Crippen molar-refractivity contribution in [3.63, 3.8) is 0 Å². The van der Waals surface area contributed by atoms with E-state index in [9.17, 15) is 0 Å². The minimum atomic E-state index is 0.615. The van der Waals surface area contributed by atoms with Crippen LogP contribution in [0.3, 0.4) is 0 Å². The van der Waals surface area contributed by atoms with Gasteiger partial charge >= 0.3 is 0 Å². The van der Waals surface area contributed by atoms with Crippen molar-refractivity contribution in [1.82, 2.24) is 0 Å². The average molecular weight is 183 g/mol. The number of hydrogen-bond acceptors (Lipinski definition) is 0. The van der Waals surface area contributed by atoms with Gasteiger partial charge in [0.25, 0.3) is 0 Å². The molecule has 0 saturated heterocycles. The normalized spacial score (nSPS) is 14.9. The lowest BCUT2D eigenvalue weighted by Crippen LogP contribution is -1.87. The summed E-state index contributed by atoms with van der Waals surface area (Å²) in [5.74, 6) is 0.615. The molecular weight excluding hydrogens is 168 g/mol. The van der Waals surface area contributed by atoms with Gasteiger partial charge in [0.2, 0.25) is 0 Å². The minimum Gasteiger partial charge on any atom is -0.0761 e. The molecule has 0 N–H and O–H groups in total. The van der Waals surface area contributed by atoms with Crippen LogP contribution < -0.4 is 0 Å². The molecule has 0 heterocycles. The fraction of sp³-hybridized carbons (Fsp3) is 0.214. The summed E-state index contributed by atoms with van der Waals surface area (Å²) >= 11 is 0. The highest BCUT2D eigenvalue weighted by molar-refractivity contribution is 5.78. The molecule has 0 amide bonds. The smallest absolute Gasteiger partial charge is 0.00571 e. The number of benzene rings is 1. The SMILES string of the molecule is CC(C)c1ccc(C2=C[CH]C=C2)cc1. The first-order valence-corrected chi connectivity index (χ1v) is 5.09. The molecule has 0 bridgehead atoms. The van der Waals surface area contributed by atoms with Crippen LogP contribution in [0.25, 0.3) is 5.57 Å². The van der Waals surface area contributed by atoms with Gasteiger partial charge in [-0.2, -0.15) is 0 Å². The van der Waals surface area contributed by atoms with Gasteiger partial charge in [-0.05, 0) is 22.6 Å². The monoisotopic (exact) mass is 183 g/mol. The first-order chi connectivity index (χ1) is 6.77. The lowest BCUT2D eigenvalue weighted by molar-refractivity contribution is 0.866. The number of allylic oxidation sites excluding steroid dienone is 4. The Labute approximate surface area is 86.0 Å². The summed E-state index contributed by atoms with van der Waals surface area (Å²) < 4.78 is 0. The number of rotatable bonds is 2. The maximum Gasteiger partial charge on any atom is 0.00571 e. The molecule has 2 rings (SSSR count). The third-order valence-electron chi connectivity index (χ3n) is 2.57. The Morgan fingerprint density at radius 1 is 1.00 bits per heavy atom. The summed E-state index contributed by atoms with van der Waals surface area (Å²) in [6, 6.07) is 8.83. The Hall–Kier alpha value is -1.30. The van der Waals surface area contributed by atoms with E-state index in [1.807, 2.05) is 0 Å². The van der Waals surface area contributed by atoms with Crippen LogP contribution in [0.4, 0.5) is 0 Å². The van der Waals surface area contributed by atoms with E-state index < -0.39 is 0 Å². The molecule has 1 aliphatic rings. The van der Waals surface area contributed by atoms with Crippen LogP contribution >= 0.6 is 0 Å². The Morgan fingerprint density at radius 3 is 2.21 bits per heavy atom. The van der Waals surface area contributed by atoms with Crippen LogP contribution in [-0.2, 0) is 0 Å². The summed E-state index contributed by atoms with van der Waals surface area (Å²) in [6.45, 7) is 4.44. The Bertz CT molecular complexity index is 364. The van der Waals surface area contributed by atoms with Crippen molar-refractivity contribution in [3.8, 4) is 0 Å². The molecule has 0 heteroatoms. The second-order valence-electron chi connectivity index (χ2n) is 3.95. The van der Waals surface area contributed by atoms with Gasteiger partial charge in [0, 0.05) is 6.42 Å². The Balaban J connectivity index is 2.26. The Morgan fingerprint density at radius 2 is 1.71 bits per heavy atom. The molecule has 0 fully saturated rings. The highest BCUT2D eigenvalue weighted by Gasteiger charge is 2.02. The van der Waals surface area contributed by atoms with E-state index in [1.54, 1.807) is 0 Å². The average Bonchev–Trinajstić information content (AvgIpc) is 2.71. The van der Waals surface area contributed by atoms with Crippen molar-refractivity contribution < 1.29 is 0 Å². The van der Waals surface area contributed by atoms with E-state index in [4.69, 9.17) is 0 Å².